The van der Waals surface area contributed by atoms with Gasteiger partial charge in [-0.2, -0.15) is 0 Å². The summed E-state index contributed by atoms with van der Waals surface area (Å²) in [6.45, 7) is 6.56. The number of carboxylic acids is 1. The molecule has 0 radical (unpaired) electrons. The third-order valence-corrected chi connectivity index (χ3v) is 1.31. The lowest BCUT2D eigenvalue weighted by Gasteiger charge is -1.96. The lowest BCUT2D eigenvalue weighted by molar-refractivity contribution is 0.0692. The molecule has 1 aromatic rings. The van der Waals surface area contributed by atoms with Gasteiger partial charge in [0.2, 0.25) is 0 Å². The molecule has 0 heterocycles. The Morgan fingerprint density at radius 2 is 2.25 bits per heavy atom. The zero-order chi connectivity index (χ0) is 9.14. The molecule has 0 aliphatic heterocycles. The Labute approximate surface area is 67.9 Å². The van der Waals surface area contributed by atoms with Crippen molar-refractivity contribution < 1.29 is 14.3 Å². The van der Waals surface area contributed by atoms with Gasteiger partial charge in [0.05, 0.1) is 12.1 Å². The van der Waals surface area contributed by atoms with Gasteiger partial charge in [0.15, 0.2) is 5.69 Å². The van der Waals surface area contributed by atoms with E-state index in [0.717, 1.165) is 12.1 Å². The SMILES string of the molecule is [C-]#[N+]c1ccc(F)c(C(=O)O)c1. The van der Waals surface area contributed by atoms with Crippen molar-refractivity contribution >= 4 is 11.7 Å². The topological polar surface area (TPSA) is 41.7 Å². The number of carboxylic acid groups (broad SMARTS) is 1. The molecule has 0 atom stereocenters. The van der Waals surface area contributed by atoms with Crippen LogP contribution in [0, 0.1) is 12.4 Å². The highest BCUT2D eigenvalue weighted by atomic mass is 19.1. The van der Waals surface area contributed by atoms with Crippen molar-refractivity contribution in [1.82, 2.24) is 0 Å². The van der Waals surface area contributed by atoms with Gasteiger partial charge in [-0.05, 0) is 12.1 Å². The second kappa shape index (κ2) is 3.01. The maximum absolute atomic E-state index is 12.7. The molecule has 0 bridgehead atoms. The second-order valence-corrected chi connectivity index (χ2v) is 2.08. The van der Waals surface area contributed by atoms with Crippen LogP contribution < -0.4 is 0 Å². The predicted octanol–water partition coefficient (Wildman–Crippen LogP) is 2.07. The average Bonchev–Trinajstić information content (AvgIpc) is 2.05. The second-order valence-electron chi connectivity index (χ2n) is 2.08. The van der Waals surface area contributed by atoms with Crippen molar-refractivity contribution in [3.63, 3.8) is 0 Å². The summed E-state index contributed by atoms with van der Waals surface area (Å²) in [5.74, 6) is -2.19. The molecule has 3 nitrogen and oxygen atoms in total. The molecule has 4 heteroatoms. The van der Waals surface area contributed by atoms with Crippen LogP contribution in [0.3, 0.4) is 0 Å². The molecule has 0 aliphatic carbocycles. The fourth-order valence-corrected chi connectivity index (χ4v) is 0.747. The molecule has 0 unspecified atom stereocenters. The van der Waals surface area contributed by atoms with Crippen LogP contribution in [0.1, 0.15) is 10.4 Å². The molecule has 12 heavy (non-hydrogen) atoms. The summed E-state index contributed by atoms with van der Waals surface area (Å²) < 4.78 is 12.7. The van der Waals surface area contributed by atoms with Crippen LogP contribution in [0.15, 0.2) is 18.2 Å². The van der Waals surface area contributed by atoms with E-state index in [0.29, 0.717) is 0 Å². The fourth-order valence-electron chi connectivity index (χ4n) is 0.747. The molecule has 0 spiro atoms. The van der Waals surface area contributed by atoms with Gasteiger partial charge in [0.1, 0.15) is 5.82 Å². The van der Waals surface area contributed by atoms with E-state index >= 15 is 0 Å². The molecule has 1 N–H and O–H groups in total. The standard InChI is InChI=1S/C8H4FNO2/c1-10-5-2-3-7(9)6(4-5)8(11)12/h2-4H,(H,11,12). The molecule has 1 aromatic carbocycles. The molecule has 0 aromatic heterocycles. The minimum Gasteiger partial charge on any atom is -0.478 e. The first-order valence-electron chi connectivity index (χ1n) is 3.05. The summed E-state index contributed by atoms with van der Waals surface area (Å²) in [5.41, 5.74) is -0.350. The van der Waals surface area contributed by atoms with E-state index in [9.17, 15) is 9.18 Å². The Morgan fingerprint density at radius 1 is 1.58 bits per heavy atom. The van der Waals surface area contributed by atoms with Crippen LogP contribution in [0.5, 0.6) is 0 Å². The Morgan fingerprint density at radius 3 is 2.75 bits per heavy atom. The Kier molecular flexibility index (Phi) is 2.06. The highest BCUT2D eigenvalue weighted by molar-refractivity contribution is 5.89. The fraction of sp³-hybridized carbons (Fsp3) is 0. The third kappa shape index (κ3) is 1.40. The largest absolute Gasteiger partial charge is 0.478 e. The van der Waals surface area contributed by atoms with Crippen molar-refractivity contribution in [2.75, 3.05) is 0 Å². The predicted molar refractivity (Wildman–Crippen MR) is 39.6 cm³/mol. The smallest absolute Gasteiger partial charge is 0.337 e. The summed E-state index contributed by atoms with van der Waals surface area (Å²) >= 11 is 0. The van der Waals surface area contributed by atoms with E-state index in [4.69, 9.17) is 11.7 Å². The zero-order valence-corrected chi connectivity index (χ0v) is 5.91. The van der Waals surface area contributed by atoms with E-state index in [1.165, 1.54) is 6.07 Å². The van der Waals surface area contributed by atoms with Gasteiger partial charge in [0.25, 0.3) is 0 Å². The number of halogens is 1. The lowest BCUT2D eigenvalue weighted by Crippen LogP contribution is -1.99. The Hall–Kier alpha value is -1.89. The number of rotatable bonds is 1. The summed E-state index contributed by atoms with van der Waals surface area (Å²) in [7, 11) is 0. The molecule has 0 saturated carbocycles. The monoisotopic (exact) mass is 165 g/mol. The molecule has 1 rings (SSSR count). The quantitative estimate of drug-likeness (QED) is 0.647. The minimum absolute atomic E-state index is 0.119. The average molecular weight is 165 g/mol. The van der Waals surface area contributed by atoms with E-state index < -0.39 is 17.3 Å². The number of hydrogen-bond acceptors (Lipinski definition) is 1. The Bertz CT molecular complexity index is 368. The van der Waals surface area contributed by atoms with E-state index in [-0.39, 0.29) is 5.69 Å². The van der Waals surface area contributed by atoms with Gasteiger partial charge in [-0.3, -0.25) is 0 Å². The van der Waals surface area contributed by atoms with E-state index in [1.54, 1.807) is 0 Å². The summed E-state index contributed by atoms with van der Waals surface area (Å²) in [4.78, 5) is 13.3. The molecule has 0 fully saturated rings. The number of benzene rings is 1. The van der Waals surface area contributed by atoms with Gasteiger partial charge in [-0.25, -0.2) is 14.0 Å². The number of nitrogens with zero attached hydrogens (tertiary/aromatic N) is 1. The van der Waals surface area contributed by atoms with Gasteiger partial charge in [0, 0.05) is 0 Å². The van der Waals surface area contributed by atoms with Crippen molar-refractivity contribution in [1.29, 1.82) is 0 Å². The molecule has 0 aliphatic rings. The van der Waals surface area contributed by atoms with Crippen LogP contribution in [-0.2, 0) is 0 Å². The van der Waals surface area contributed by atoms with Crippen LogP contribution in [0.4, 0.5) is 10.1 Å². The lowest BCUT2D eigenvalue weighted by atomic mass is 10.2. The minimum atomic E-state index is -1.36. The molecule has 0 amide bonds. The van der Waals surface area contributed by atoms with Crippen LogP contribution >= 0.6 is 0 Å². The van der Waals surface area contributed by atoms with Gasteiger partial charge in [-0.15, -0.1) is 0 Å². The summed E-state index contributed by atoms with van der Waals surface area (Å²) in [5, 5.41) is 8.44. The van der Waals surface area contributed by atoms with Crippen molar-refractivity contribution in [2.45, 2.75) is 0 Å². The highest BCUT2D eigenvalue weighted by Gasteiger charge is 2.09. The van der Waals surface area contributed by atoms with E-state index in [2.05, 4.69) is 4.85 Å². The third-order valence-electron chi connectivity index (χ3n) is 1.31. The number of hydrogen-bond donors (Lipinski definition) is 1. The van der Waals surface area contributed by atoms with Gasteiger partial charge >= 0.3 is 5.97 Å². The van der Waals surface area contributed by atoms with Crippen LogP contribution in [0.25, 0.3) is 4.85 Å². The molecular formula is C8H4FNO2. The first-order chi connectivity index (χ1) is 5.65. The number of carbonyl (C=O) groups is 1. The molecular weight excluding hydrogens is 161 g/mol. The molecule has 60 valence electrons. The van der Waals surface area contributed by atoms with Crippen molar-refractivity contribution in [3.8, 4) is 0 Å². The maximum atomic E-state index is 12.7. The van der Waals surface area contributed by atoms with Crippen LogP contribution in [0.2, 0.25) is 0 Å². The van der Waals surface area contributed by atoms with Crippen LogP contribution in [-0.4, -0.2) is 11.1 Å². The van der Waals surface area contributed by atoms with Gasteiger partial charge in [-0.1, -0.05) is 6.07 Å². The molecule has 0 saturated heterocycles. The van der Waals surface area contributed by atoms with Crippen molar-refractivity contribution in [3.05, 3.63) is 41.0 Å². The first kappa shape index (κ1) is 8.21. The summed E-state index contributed by atoms with van der Waals surface area (Å²) in [6.07, 6.45) is 0. The first-order valence-corrected chi connectivity index (χ1v) is 3.05. The maximum Gasteiger partial charge on any atom is 0.337 e. The summed E-state index contributed by atoms with van der Waals surface area (Å²) in [6, 6.07) is 3.20. The van der Waals surface area contributed by atoms with Crippen molar-refractivity contribution in [2.24, 2.45) is 0 Å². The zero-order valence-electron chi connectivity index (χ0n) is 5.91. The normalized spacial score (nSPS) is 9.00. The Balaban J connectivity index is 3.28. The van der Waals surface area contributed by atoms with Gasteiger partial charge < -0.3 is 5.11 Å². The van der Waals surface area contributed by atoms with E-state index in [1.807, 2.05) is 0 Å². The highest BCUT2D eigenvalue weighted by Crippen LogP contribution is 2.16. The number of aromatic carboxylic acids is 1.